The van der Waals surface area contributed by atoms with Crippen LogP contribution in [0.15, 0.2) is 30.5 Å². The molecule has 1 aromatic heterocycles. The molecule has 0 fully saturated rings. The first-order chi connectivity index (χ1) is 7.35. The van der Waals surface area contributed by atoms with E-state index in [1.165, 1.54) is 29.3 Å². The highest BCUT2D eigenvalue weighted by Gasteiger charge is 2.00. The van der Waals surface area contributed by atoms with E-state index in [-0.39, 0.29) is 0 Å². The van der Waals surface area contributed by atoms with Gasteiger partial charge in [0.25, 0.3) is 0 Å². The molecule has 80 valence electrons. The average molecular weight is 202 g/mol. The van der Waals surface area contributed by atoms with Crippen molar-refractivity contribution in [2.45, 2.75) is 32.9 Å². The van der Waals surface area contributed by atoms with Gasteiger partial charge in [-0.25, -0.2) is 0 Å². The maximum Gasteiger partial charge on any atom is 0.0480 e. The standard InChI is InChI=1S/C13H18N2/c1-2-3-7-15-8-6-12-9-11(10-14)4-5-13(12)15/h4-6,8-9H,2-3,7,10,14H2,1H3. The molecule has 0 amide bonds. The monoisotopic (exact) mass is 202 g/mol. The van der Waals surface area contributed by atoms with Gasteiger partial charge >= 0.3 is 0 Å². The molecule has 2 N–H and O–H groups in total. The molecule has 0 aliphatic heterocycles. The van der Waals surface area contributed by atoms with Gasteiger partial charge < -0.3 is 10.3 Å². The Bertz CT molecular complexity index is 443. The highest BCUT2D eigenvalue weighted by atomic mass is 14.9. The number of unbranched alkanes of at least 4 members (excludes halogenated alkanes) is 1. The summed E-state index contributed by atoms with van der Waals surface area (Å²) in [5.74, 6) is 0. The lowest BCUT2D eigenvalue weighted by molar-refractivity contribution is 0.650. The first-order valence-corrected chi connectivity index (χ1v) is 5.63. The molecule has 2 rings (SSSR count). The molecule has 2 nitrogen and oxygen atoms in total. The Kier molecular flexibility index (Phi) is 3.07. The maximum atomic E-state index is 5.62. The fraction of sp³-hybridized carbons (Fsp3) is 0.385. The number of hydrogen-bond donors (Lipinski definition) is 1. The molecule has 0 atom stereocenters. The van der Waals surface area contributed by atoms with Gasteiger partial charge in [0.05, 0.1) is 0 Å². The minimum atomic E-state index is 0.621. The summed E-state index contributed by atoms with van der Waals surface area (Å²) in [5, 5.41) is 1.30. The SMILES string of the molecule is CCCCn1ccc2cc(CN)ccc21. The summed E-state index contributed by atoms with van der Waals surface area (Å²) in [6, 6.07) is 8.64. The van der Waals surface area contributed by atoms with Crippen molar-refractivity contribution >= 4 is 10.9 Å². The van der Waals surface area contributed by atoms with Gasteiger partial charge in [-0.2, -0.15) is 0 Å². The van der Waals surface area contributed by atoms with E-state index in [0.717, 1.165) is 6.54 Å². The van der Waals surface area contributed by atoms with Gasteiger partial charge in [-0.05, 0) is 35.6 Å². The number of benzene rings is 1. The van der Waals surface area contributed by atoms with Crippen molar-refractivity contribution in [2.24, 2.45) is 5.73 Å². The minimum Gasteiger partial charge on any atom is -0.347 e. The van der Waals surface area contributed by atoms with Crippen molar-refractivity contribution in [3.63, 3.8) is 0 Å². The molecule has 15 heavy (non-hydrogen) atoms. The van der Waals surface area contributed by atoms with Crippen LogP contribution in [0.4, 0.5) is 0 Å². The third kappa shape index (κ3) is 2.05. The van der Waals surface area contributed by atoms with Crippen LogP contribution < -0.4 is 5.73 Å². The second-order valence-electron chi connectivity index (χ2n) is 3.96. The van der Waals surface area contributed by atoms with E-state index in [4.69, 9.17) is 5.73 Å². The van der Waals surface area contributed by atoms with Crippen LogP contribution in [0.1, 0.15) is 25.3 Å². The number of fused-ring (bicyclic) bond motifs is 1. The molecule has 2 heteroatoms. The van der Waals surface area contributed by atoms with Gasteiger partial charge in [0.1, 0.15) is 0 Å². The smallest absolute Gasteiger partial charge is 0.0480 e. The van der Waals surface area contributed by atoms with Crippen LogP contribution in [0.2, 0.25) is 0 Å². The Balaban J connectivity index is 2.34. The zero-order valence-electron chi connectivity index (χ0n) is 9.24. The molecule has 0 saturated heterocycles. The molecule has 0 unspecified atom stereocenters. The highest BCUT2D eigenvalue weighted by molar-refractivity contribution is 5.80. The topological polar surface area (TPSA) is 30.9 Å². The van der Waals surface area contributed by atoms with E-state index < -0.39 is 0 Å². The number of hydrogen-bond acceptors (Lipinski definition) is 1. The number of aromatic nitrogens is 1. The van der Waals surface area contributed by atoms with Crippen molar-refractivity contribution in [1.82, 2.24) is 4.57 Å². The van der Waals surface area contributed by atoms with E-state index >= 15 is 0 Å². The van der Waals surface area contributed by atoms with E-state index in [0.29, 0.717) is 6.54 Å². The van der Waals surface area contributed by atoms with Gasteiger partial charge in [0.2, 0.25) is 0 Å². The van der Waals surface area contributed by atoms with Gasteiger partial charge in [0.15, 0.2) is 0 Å². The largest absolute Gasteiger partial charge is 0.347 e. The van der Waals surface area contributed by atoms with Crippen molar-refractivity contribution < 1.29 is 0 Å². The quantitative estimate of drug-likeness (QED) is 0.812. The van der Waals surface area contributed by atoms with Gasteiger partial charge in [0, 0.05) is 24.8 Å². The lowest BCUT2D eigenvalue weighted by Gasteiger charge is -2.04. The summed E-state index contributed by atoms with van der Waals surface area (Å²) >= 11 is 0. The van der Waals surface area contributed by atoms with Crippen molar-refractivity contribution in [3.05, 3.63) is 36.0 Å². The van der Waals surface area contributed by atoms with Crippen LogP contribution in [-0.4, -0.2) is 4.57 Å². The van der Waals surface area contributed by atoms with Crippen LogP contribution >= 0.6 is 0 Å². The number of nitrogens with two attached hydrogens (primary N) is 1. The summed E-state index contributed by atoms with van der Waals surface area (Å²) in [6.07, 6.45) is 4.64. The summed E-state index contributed by atoms with van der Waals surface area (Å²) in [7, 11) is 0. The number of nitrogens with zero attached hydrogens (tertiary/aromatic N) is 1. The molecule has 0 aliphatic carbocycles. The Labute approximate surface area is 90.7 Å². The third-order valence-electron chi connectivity index (χ3n) is 2.82. The van der Waals surface area contributed by atoms with Crippen LogP contribution in [0.25, 0.3) is 10.9 Å². The van der Waals surface area contributed by atoms with Crippen LogP contribution in [0.5, 0.6) is 0 Å². The zero-order chi connectivity index (χ0) is 10.7. The minimum absolute atomic E-state index is 0.621. The van der Waals surface area contributed by atoms with Gasteiger partial charge in [-0.1, -0.05) is 19.4 Å². The Morgan fingerprint density at radius 2 is 2.13 bits per heavy atom. The van der Waals surface area contributed by atoms with Crippen molar-refractivity contribution in [2.75, 3.05) is 0 Å². The Hall–Kier alpha value is -1.28. The first-order valence-electron chi connectivity index (χ1n) is 5.63. The van der Waals surface area contributed by atoms with E-state index in [1.807, 2.05) is 0 Å². The van der Waals surface area contributed by atoms with Crippen LogP contribution in [0, 0.1) is 0 Å². The molecule has 0 spiro atoms. The van der Waals surface area contributed by atoms with Gasteiger partial charge in [-0.3, -0.25) is 0 Å². The van der Waals surface area contributed by atoms with E-state index in [9.17, 15) is 0 Å². The van der Waals surface area contributed by atoms with Crippen LogP contribution in [-0.2, 0) is 13.1 Å². The average Bonchev–Trinajstić information content (AvgIpc) is 2.68. The number of rotatable bonds is 4. The molecular weight excluding hydrogens is 184 g/mol. The fourth-order valence-corrected chi connectivity index (χ4v) is 1.90. The fourth-order valence-electron chi connectivity index (χ4n) is 1.90. The lowest BCUT2D eigenvalue weighted by atomic mass is 10.1. The van der Waals surface area contributed by atoms with E-state index in [1.54, 1.807) is 0 Å². The third-order valence-corrected chi connectivity index (χ3v) is 2.82. The normalized spacial score (nSPS) is 11.1. The molecule has 0 aliphatic rings. The molecule has 2 aromatic rings. The number of aryl methyl sites for hydroxylation is 1. The Morgan fingerprint density at radius 1 is 1.27 bits per heavy atom. The van der Waals surface area contributed by atoms with Crippen molar-refractivity contribution in [1.29, 1.82) is 0 Å². The molecule has 0 bridgehead atoms. The second kappa shape index (κ2) is 4.49. The predicted molar refractivity (Wildman–Crippen MR) is 64.7 cm³/mol. The summed E-state index contributed by atoms with van der Waals surface area (Å²) in [5.41, 5.74) is 8.15. The van der Waals surface area contributed by atoms with E-state index in [2.05, 4.69) is 42.0 Å². The summed E-state index contributed by atoms with van der Waals surface area (Å²) in [4.78, 5) is 0. The second-order valence-corrected chi connectivity index (χ2v) is 3.96. The zero-order valence-corrected chi connectivity index (χ0v) is 9.24. The first kappa shape index (κ1) is 10.2. The molecule has 0 radical (unpaired) electrons. The maximum absolute atomic E-state index is 5.62. The Morgan fingerprint density at radius 3 is 2.87 bits per heavy atom. The molecule has 0 saturated carbocycles. The summed E-state index contributed by atoms with van der Waals surface area (Å²) < 4.78 is 2.32. The highest BCUT2D eigenvalue weighted by Crippen LogP contribution is 2.18. The van der Waals surface area contributed by atoms with Gasteiger partial charge in [-0.15, -0.1) is 0 Å². The van der Waals surface area contributed by atoms with Crippen LogP contribution in [0.3, 0.4) is 0 Å². The molecule has 1 heterocycles. The summed E-state index contributed by atoms with van der Waals surface area (Å²) in [6.45, 7) is 3.95. The van der Waals surface area contributed by atoms with Crippen molar-refractivity contribution in [3.8, 4) is 0 Å². The predicted octanol–water partition coefficient (Wildman–Crippen LogP) is 2.90. The lowest BCUT2D eigenvalue weighted by Crippen LogP contribution is -1.97. The molecular formula is C13H18N2. The molecule has 1 aromatic carbocycles.